The Labute approximate surface area is 85.0 Å². The molecule has 1 atom stereocenters. The number of piperidine rings is 1. The summed E-state index contributed by atoms with van der Waals surface area (Å²) in [5, 5.41) is 0. The normalized spacial score (nSPS) is 24.6. The number of hydrogen-bond acceptors (Lipinski definition) is 3. The van der Waals surface area contributed by atoms with E-state index in [-0.39, 0.29) is 12.1 Å². The zero-order valence-corrected chi connectivity index (χ0v) is 9.92. The molecule has 0 aliphatic carbocycles. The van der Waals surface area contributed by atoms with E-state index in [1.54, 1.807) is 13.3 Å². The Hall–Kier alpha value is -0.340. The minimum atomic E-state index is -2.18. The predicted molar refractivity (Wildman–Crippen MR) is 55.8 cm³/mol. The number of hydrogen-bond donors (Lipinski definition) is 0. The van der Waals surface area contributed by atoms with Crippen LogP contribution in [0.3, 0.4) is 0 Å². The first-order chi connectivity index (χ1) is 6.39. The first kappa shape index (κ1) is 11.7. The summed E-state index contributed by atoms with van der Waals surface area (Å²) >= 11 is 0. The molecule has 1 heterocycles. The fourth-order valence-corrected chi connectivity index (χ4v) is 2.89. The molecule has 0 aromatic heterocycles. The van der Waals surface area contributed by atoms with Crippen molar-refractivity contribution in [2.24, 2.45) is 0 Å². The van der Waals surface area contributed by atoms with E-state index in [4.69, 9.17) is 4.74 Å². The monoisotopic (exact) mass is 219 g/mol. The third-order valence-corrected chi connectivity index (χ3v) is 4.10. The highest BCUT2D eigenvalue weighted by atomic mass is 31.2. The summed E-state index contributed by atoms with van der Waals surface area (Å²) in [5.41, 5.74) is 0. The van der Waals surface area contributed by atoms with Gasteiger partial charge in [-0.25, -0.2) is 4.67 Å². The standard InChI is InChI=1S/C9H18NO3P/c1-8(11)13-9-5-4-6-10(7-9)14(2,3)12/h9H,4-7H2,1-3H3. The molecule has 82 valence electrons. The lowest BCUT2D eigenvalue weighted by molar-refractivity contribution is -0.147. The van der Waals surface area contributed by atoms with Crippen LogP contribution in [-0.2, 0) is 14.1 Å². The van der Waals surface area contributed by atoms with Gasteiger partial charge in [-0.05, 0) is 12.8 Å². The van der Waals surface area contributed by atoms with E-state index >= 15 is 0 Å². The maximum absolute atomic E-state index is 11.8. The SMILES string of the molecule is CC(=O)OC1CCCN(P(C)(C)=O)C1. The molecule has 1 saturated heterocycles. The van der Waals surface area contributed by atoms with Gasteiger partial charge in [0.1, 0.15) is 13.4 Å². The number of esters is 1. The second-order valence-corrected chi connectivity index (χ2v) is 7.23. The van der Waals surface area contributed by atoms with Crippen molar-refractivity contribution in [3.63, 3.8) is 0 Å². The van der Waals surface area contributed by atoms with Gasteiger partial charge in [0.15, 0.2) is 0 Å². The van der Waals surface area contributed by atoms with Crippen LogP contribution < -0.4 is 0 Å². The highest BCUT2D eigenvalue weighted by Crippen LogP contribution is 2.43. The molecule has 0 bridgehead atoms. The predicted octanol–water partition coefficient (Wildman–Crippen LogP) is 1.55. The molecule has 1 aliphatic rings. The summed E-state index contributed by atoms with van der Waals surface area (Å²) in [6.45, 7) is 6.38. The maximum atomic E-state index is 11.8. The van der Waals surface area contributed by atoms with Crippen molar-refractivity contribution >= 4 is 13.3 Å². The minimum Gasteiger partial charge on any atom is -0.461 e. The zero-order valence-electron chi connectivity index (χ0n) is 9.02. The van der Waals surface area contributed by atoms with E-state index in [0.717, 1.165) is 19.4 Å². The average Bonchev–Trinajstić information content (AvgIpc) is 2.01. The van der Waals surface area contributed by atoms with Gasteiger partial charge >= 0.3 is 5.97 Å². The molecule has 0 aromatic carbocycles. The van der Waals surface area contributed by atoms with Crippen LogP contribution in [0.1, 0.15) is 19.8 Å². The van der Waals surface area contributed by atoms with E-state index in [1.165, 1.54) is 6.92 Å². The molecule has 14 heavy (non-hydrogen) atoms. The van der Waals surface area contributed by atoms with Gasteiger partial charge in [0.2, 0.25) is 0 Å². The van der Waals surface area contributed by atoms with E-state index in [2.05, 4.69) is 0 Å². The molecule has 0 spiro atoms. The minimum absolute atomic E-state index is 0.0746. The summed E-state index contributed by atoms with van der Waals surface area (Å²) in [7, 11) is -2.18. The van der Waals surface area contributed by atoms with Crippen molar-refractivity contribution in [2.75, 3.05) is 26.4 Å². The maximum Gasteiger partial charge on any atom is 0.302 e. The van der Waals surface area contributed by atoms with E-state index < -0.39 is 7.29 Å². The fourth-order valence-electron chi connectivity index (χ4n) is 1.69. The van der Waals surface area contributed by atoms with Gasteiger partial charge in [0, 0.05) is 33.3 Å². The Kier molecular flexibility index (Phi) is 3.73. The molecular formula is C9H18NO3P. The largest absolute Gasteiger partial charge is 0.461 e. The highest BCUT2D eigenvalue weighted by Gasteiger charge is 2.28. The van der Waals surface area contributed by atoms with Crippen LogP contribution >= 0.6 is 7.29 Å². The zero-order chi connectivity index (χ0) is 10.8. The quantitative estimate of drug-likeness (QED) is 0.522. The molecular weight excluding hydrogens is 201 g/mol. The molecule has 0 aromatic rings. The van der Waals surface area contributed by atoms with Crippen LogP contribution in [0.25, 0.3) is 0 Å². The molecule has 0 N–H and O–H groups in total. The fraction of sp³-hybridized carbons (Fsp3) is 0.889. The Morgan fingerprint density at radius 1 is 1.50 bits per heavy atom. The number of carbonyl (C=O) groups excluding carboxylic acids is 1. The average molecular weight is 219 g/mol. The van der Waals surface area contributed by atoms with Crippen molar-refractivity contribution in [3.05, 3.63) is 0 Å². The van der Waals surface area contributed by atoms with Crippen LogP contribution in [0, 0.1) is 0 Å². The summed E-state index contributed by atoms with van der Waals surface area (Å²) in [6, 6.07) is 0. The third-order valence-electron chi connectivity index (χ3n) is 2.37. The Morgan fingerprint density at radius 2 is 2.14 bits per heavy atom. The molecule has 0 saturated carbocycles. The van der Waals surface area contributed by atoms with Gasteiger partial charge in [-0.2, -0.15) is 0 Å². The lowest BCUT2D eigenvalue weighted by Gasteiger charge is -2.34. The number of carbonyl (C=O) groups is 1. The van der Waals surface area contributed by atoms with Gasteiger partial charge < -0.3 is 9.30 Å². The smallest absolute Gasteiger partial charge is 0.302 e. The van der Waals surface area contributed by atoms with E-state index in [0.29, 0.717) is 6.54 Å². The first-order valence-corrected chi connectivity index (χ1v) is 7.42. The van der Waals surface area contributed by atoms with Crippen molar-refractivity contribution in [1.82, 2.24) is 4.67 Å². The molecule has 1 rings (SSSR count). The van der Waals surface area contributed by atoms with Gasteiger partial charge in [-0.15, -0.1) is 0 Å². The van der Waals surface area contributed by atoms with Crippen molar-refractivity contribution < 1.29 is 14.1 Å². The van der Waals surface area contributed by atoms with Crippen LogP contribution in [-0.4, -0.2) is 43.2 Å². The number of rotatable bonds is 2. The Morgan fingerprint density at radius 3 is 2.64 bits per heavy atom. The van der Waals surface area contributed by atoms with Crippen LogP contribution in [0.4, 0.5) is 0 Å². The molecule has 1 fully saturated rings. The van der Waals surface area contributed by atoms with Gasteiger partial charge in [-0.3, -0.25) is 4.79 Å². The van der Waals surface area contributed by atoms with Crippen molar-refractivity contribution in [3.8, 4) is 0 Å². The molecule has 5 heteroatoms. The van der Waals surface area contributed by atoms with E-state index in [9.17, 15) is 9.36 Å². The highest BCUT2D eigenvalue weighted by molar-refractivity contribution is 7.59. The molecule has 1 unspecified atom stereocenters. The second kappa shape index (κ2) is 4.45. The van der Waals surface area contributed by atoms with Crippen LogP contribution in [0.2, 0.25) is 0 Å². The molecule has 4 nitrogen and oxygen atoms in total. The third kappa shape index (κ3) is 3.43. The van der Waals surface area contributed by atoms with Gasteiger partial charge in [0.05, 0.1) is 0 Å². The van der Waals surface area contributed by atoms with Crippen molar-refractivity contribution in [1.29, 1.82) is 0 Å². The van der Waals surface area contributed by atoms with Crippen LogP contribution in [0.5, 0.6) is 0 Å². The summed E-state index contributed by atoms with van der Waals surface area (Å²) in [4.78, 5) is 10.8. The second-order valence-electron chi connectivity index (χ2n) is 4.08. The Balaban J connectivity index is 2.52. The summed E-state index contributed by atoms with van der Waals surface area (Å²) in [6.07, 6.45) is 1.76. The molecule has 1 aliphatic heterocycles. The lowest BCUT2D eigenvalue weighted by atomic mass is 10.1. The van der Waals surface area contributed by atoms with Crippen molar-refractivity contribution in [2.45, 2.75) is 25.9 Å². The lowest BCUT2D eigenvalue weighted by Crippen LogP contribution is -2.38. The topological polar surface area (TPSA) is 46.6 Å². The molecule has 0 amide bonds. The Bertz CT molecular complexity index is 261. The number of ether oxygens (including phenoxy) is 1. The van der Waals surface area contributed by atoms with Crippen LogP contribution in [0.15, 0.2) is 0 Å². The molecule has 0 radical (unpaired) electrons. The van der Waals surface area contributed by atoms with Gasteiger partial charge in [-0.1, -0.05) is 0 Å². The number of nitrogens with zero attached hydrogens (tertiary/aromatic N) is 1. The summed E-state index contributed by atoms with van der Waals surface area (Å²) < 4.78 is 18.8. The summed E-state index contributed by atoms with van der Waals surface area (Å²) in [5.74, 6) is -0.251. The van der Waals surface area contributed by atoms with Gasteiger partial charge in [0.25, 0.3) is 0 Å². The first-order valence-electron chi connectivity index (χ1n) is 4.87. The van der Waals surface area contributed by atoms with E-state index in [1.807, 2.05) is 4.67 Å².